The largest absolute Gasteiger partial charge is 0.312 e. The summed E-state index contributed by atoms with van der Waals surface area (Å²) in [4.78, 5) is 4.07. The Hall–Kier alpha value is -1.68. The molecule has 0 bridgehead atoms. The summed E-state index contributed by atoms with van der Waals surface area (Å²) in [5.74, 6) is 1.09. The number of rotatable bonds is 6. The van der Waals surface area contributed by atoms with Crippen LogP contribution < -0.4 is 5.32 Å². The Morgan fingerprint density at radius 2 is 1.85 bits per heavy atom. The molecule has 0 aromatic carbocycles. The zero-order valence-electron chi connectivity index (χ0n) is 12.8. The average Bonchev–Trinajstić information content (AvgIpc) is 2.83. The SMILES string of the molecule is CC(C)CNCc1cnn(-c2ccncc2)c1C(C)C. The van der Waals surface area contributed by atoms with Crippen molar-refractivity contribution < 1.29 is 0 Å². The summed E-state index contributed by atoms with van der Waals surface area (Å²) in [5, 5.41) is 8.05. The Labute approximate surface area is 121 Å². The molecule has 2 heterocycles. The number of aromatic nitrogens is 3. The van der Waals surface area contributed by atoms with Crippen LogP contribution in [-0.2, 0) is 6.54 Å². The second-order valence-electron chi connectivity index (χ2n) is 5.85. The van der Waals surface area contributed by atoms with Gasteiger partial charge in [0.25, 0.3) is 0 Å². The third kappa shape index (κ3) is 3.45. The smallest absolute Gasteiger partial charge is 0.0679 e. The summed E-state index contributed by atoms with van der Waals surface area (Å²) in [6, 6.07) is 3.98. The first-order valence-electron chi connectivity index (χ1n) is 7.27. The molecule has 4 nitrogen and oxygen atoms in total. The van der Waals surface area contributed by atoms with Gasteiger partial charge in [0.2, 0.25) is 0 Å². The van der Waals surface area contributed by atoms with Crippen molar-refractivity contribution in [2.24, 2.45) is 5.92 Å². The van der Waals surface area contributed by atoms with Crippen molar-refractivity contribution in [3.63, 3.8) is 0 Å². The minimum absolute atomic E-state index is 0.432. The van der Waals surface area contributed by atoms with E-state index in [0.29, 0.717) is 11.8 Å². The summed E-state index contributed by atoms with van der Waals surface area (Å²) < 4.78 is 2.03. The highest BCUT2D eigenvalue weighted by Gasteiger charge is 2.15. The monoisotopic (exact) mass is 272 g/mol. The minimum Gasteiger partial charge on any atom is -0.312 e. The van der Waals surface area contributed by atoms with Crippen molar-refractivity contribution >= 4 is 0 Å². The standard InChI is InChI=1S/C16H24N4/c1-12(2)9-18-10-14-11-19-20(16(14)13(3)4)15-5-7-17-8-6-15/h5-8,11-13,18H,9-10H2,1-4H3. The van der Waals surface area contributed by atoms with Gasteiger partial charge in [0.15, 0.2) is 0 Å². The van der Waals surface area contributed by atoms with E-state index < -0.39 is 0 Å². The molecule has 0 saturated carbocycles. The molecular weight excluding hydrogens is 248 g/mol. The van der Waals surface area contributed by atoms with Crippen LogP contribution in [0.3, 0.4) is 0 Å². The van der Waals surface area contributed by atoms with Gasteiger partial charge in [-0.2, -0.15) is 5.10 Å². The Morgan fingerprint density at radius 3 is 2.45 bits per heavy atom. The first-order valence-corrected chi connectivity index (χ1v) is 7.27. The van der Waals surface area contributed by atoms with E-state index in [-0.39, 0.29) is 0 Å². The van der Waals surface area contributed by atoms with Crippen LogP contribution >= 0.6 is 0 Å². The van der Waals surface area contributed by atoms with Crippen molar-refractivity contribution in [1.29, 1.82) is 0 Å². The Bertz CT molecular complexity index is 529. The van der Waals surface area contributed by atoms with Crippen LogP contribution in [-0.4, -0.2) is 21.3 Å². The van der Waals surface area contributed by atoms with Gasteiger partial charge in [-0.1, -0.05) is 27.7 Å². The molecule has 0 atom stereocenters. The maximum Gasteiger partial charge on any atom is 0.0679 e. The van der Waals surface area contributed by atoms with Crippen molar-refractivity contribution in [1.82, 2.24) is 20.1 Å². The molecule has 0 saturated heterocycles. The summed E-state index contributed by atoms with van der Waals surface area (Å²) in [6.45, 7) is 10.8. The number of hydrogen-bond donors (Lipinski definition) is 1. The molecule has 2 rings (SSSR count). The lowest BCUT2D eigenvalue weighted by molar-refractivity contribution is 0.549. The van der Waals surface area contributed by atoms with Crippen molar-refractivity contribution in [3.05, 3.63) is 42.0 Å². The first-order chi connectivity index (χ1) is 9.59. The lowest BCUT2D eigenvalue weighted by Gasteiger charge is -2.13. The van der Waals surface area contributed by atoms with Crippen LogP contribution in [0.5, 0.6) is 0 Å². The molecule has 0 amide bonds. The van der Waals surface area contributed by atoms with E-state index in [9.17, 15) is 0 Å². The Balaban J connectivity index is 2.24. The van der Waals surface area contributed by atoms with Crippen LogP contribution in [0.2, 0.25) is 0 Å². The van der Waals surface area contributed by atoms with Crippen molar-refractivity contribution in [2.75, 3.05) is 6.54 Å². The molecule has 2 aromatic rings. The Morgan fingerprint density at radius 1 is 1.15 bits per heavy atom. The number of nitrogens with zero attached hydrogens (tertiary/aromatic N) is 3. The molecule has 0 aliphatic carbocycles. The lowest BCUT2D eigenvalue weighted by atomic mass is 10.1. The van der Waals surface area contributed by atoms with Crippen LogP contribution in [0.4, 0.5) is 0 Å². The predicted octanol–water partition coefficient (Wildman–Crippen LogP) is 3.14. The van der Waals surface area contributed by atoms with Gasteiger partial charge in [-0.3, -0.25) is 4.98 Å². The summed E-state index contributed by atoms with van der Waals surface area (Å²) in [6.07, 6.45) is 5.58. The molecule has 4 heteroatoms. The fraction of sp³-hybridized carbons (Fsp3) is 0.500. The van der Waals surface area contributed by atoms with Gasteiger partial charge in [0, 0.05) is 24.5 Å². The van der Waals surface area contributed by atoms with E-state index in [4.69, 9.17) is 0 Å². The maximum absolute atomic E-state index is 4.55. The molecule has 0 spiro atoms. The molecule has 0 radical (unpaired) electrons. The number of pyridine rings is 1. The molecule has 0 fully saturated rings. The molecule has 0 unspecified atom stereocenters. The number of hydrogen-bond acceptors (Lipinski definition) is 3. The fourth-order valence-electron chi connectivity index (χ4n) is 2.33. The molecule has 20 heavy (non-hydrogen) atoms. The van der Waals surface area contributed by atoms with E-state index in [1.807, 2.05) is 23.0 Å². The topological polar surface area (TPSA) is 42.7 Å². The fourth-order valence-corrected chi connectivity index (χ4v) is 2.33. The lowest BCUT2D eigenvalue weighted by Crippen LogP contribution is -2.20. The van der Waals surface area contributed by atoms with Crippen molar-refractivity contribution in [2.45, 2.75) is 40.2 Å². The highest BCUT2D eigenvalue weighted by molar-refractivity contribution is 5.34. The Kier molecular flexibility index (Phi) is 4.90. The van der Waals surface area contributed by atoms with Crippen LogP contribution in [0, 0.1) is 5.92 Å². The molecule has 0 aliphatic heterocycles. The van der Waals surface area contributed by atoms with Crippen molar-refractivity contribution in [3.8, 4) is 5.69 Å². The van der Waals surface area contributed by atoms with Crippen LogP contribution in [0.25, 0.3) is 5.69 Å². The van der Waals surface area contributed by atoms with Crippen LogP contribution in [0.1, 0.15) is 44.9 Å². The summed E-state index contributed by atoms with van der Waals surface area (Å²) in [7, 11) is 0. The van der Waals surface area contributed by atoms with Gasteiger partial charge in [-0.25, -0.2) is 4.68 Å². The molecule has 0 aliphatic rings. The second kappa shape index (κ2) is 6.66. The number of nitrogens with one attached hydrogen (secondary N) is 1. The normalized spacial score (nSPS) is 11.5. The zero-order chi connectivity index (χ0) is 14.5. The van der Waals surface area contributed by atoms with E-state index in [2.05, 4.69) is 43.1 Å². The zero-order valence-corrected chi connectivity index (χ0v) is 12.8. The third-order valence-electron chi connectivity index (χ3n) is 3.21. The molecular formula is C16H24N4. The van der Waals surface area contributed by atoms with E-state index in [0.717, 1.165) is 18.8 Å². The van der Waals surface area contributed by atoms with Gasteiger partial charge in [0.1, 0.15) is 0 Å². The van der Waals surface area contributed by atoms with E-state index in [1.165, 1.54) is 11.3 Å². The summed E-state index contributed by atoms with van der Waals surface area (Å²) >= 11 is 0. The maximum atomic E-state index is 4.55. The minimum atomic E-state index is 0.432. The average molecular weight is 272 g/mol. The van der Waals surface area contributed by atoms with Gasteiger partial charge < -0.3 is 5.32 Å². The van der Waals surface area contributed by atoms with Crippen LogP contribution in [0.15, 0.2) is 30.7 Å². The quantitative estimate of drug-likeness (QED) is 0.878. The van der Waals surface area contributed by atoms with E-state index >= 15 is 0 Å². The van der Waals surface area contributed by atoms with Gasteiger partial charge in [-0.05, 0) is 30.5 Å². The highest BCUT2D eigenvalue weighted by atomic mass is 15.3. The molecule has 108 valence electrons. The predicted molar refractivity (Wildman–Crippen MR) is 82.0 cm³/mol. The van der Waals surface area contributed by atoms with Gasteiger partial charge >= 0.3 is 0 Å². The molecule has 2 aromatic heterocycles. The van der Waals surface area contributed by atoms with E-state index in [1.54, 1.807) is 12.4 Å². The van der Waals surface area contributed by atoms with Gasteiger partial charge in [0.05, 0.1) is 17.6 Å². The third-order valence-corrected chi connectivity index (χ3v) is 3.21. The highest BCUT2D eigenvalue weighted by Crippen LogP contribution is 2.22. The summed E-state index contributed by atoms with van der Waals surface area (Å²) in [5.41, 5.74) is 3.61. The molecule has 1 N–H and O–H groups in total. The van der Waals surface area contributed by atoms with Gasteiger partial charge in [-0.15, -0.1) is 0 Å². The second-order valence-corrected chi connectivity index (χ2v) is 5.85. The first kappa shape index (κ1) is 14.7.